The first-order valence-corrected chi connectivity index (χ1v) is 9.31. The molecule has 0 fully saturated rings. The Balaban J connectivity index is 1.31. The number of hydrogen-bond acceptors (Lipinski definition) is 5. The van der Waals surface area contributed by atoms with Crippen LogP contribution in [0.2, 0.25) is 0 Å². The van der Waals surface area contributed by atoms with Gasteiger partial charge in [-0.25, -0.2) is 9.97 Å². The Kier molecular flexibility index (Phi) is 4.13. The number of imidazole rings is 1. The average molecular weight is 399 g/mol. The maximum Gasteiger partial charge on any atom is 0.264 e. The highest BCUT2D eigenvalue weighted by Crippen LogP contribution is 2.22. The second kappa shape index (κ2) is 6.96. The van der Waals surface area contributed by atoms with Crippen molar-refractivity contribution in [1.82, 2.24) is 29.3 Å². The second-order valence-electron chi connectivity index (χ2n) is 6.91. The number of para-hydroxylation sites is 2. The predicted octanol–water partition coefficient (Wildman–Crippen LogP) is 2.31. The van der Waals surface area contributed by atoms with Gasteiger partial charge in [0.15, 0.2) is 5.65 Å². The highest BCUT2D eigenvalue weighted by atomic mass is 16.2. The van der Waals surface area contributed by atoms with E-state index in [4.69, 9.17) is 0 Å². The molecule has 0 saturated heterocycles. The summed E-state index contributed by atoms with van der Waals surface area (Å²) in [5.41, 5.74) is 3.58. The molecule has 0 aliphatic carbocycles. The maximum absolute atomic E-state index is 12.5. The second-order valence-corrected chi connectivity index (χ2v) is 6.91. The Labute approximate surface area is 170 Å². The molecule has 5 aromatic rings. The van der Waals surface area contributed by atoms with Crippen molar-refractivity contribution >= 4 is 33.7 Å². The van der Waals surface area contributed by atoms with Gasteiger partial charge in [-0.05, 0) is 36.4 Å². The summed E-state index contributed by atoms with van der Waals surface area (Å²) >= 11 is 0. The van der Waals surface area contributed by atoms with E-state index in [1.54, 1.807) is 19.2 Å². The third-order valence-corrected chi connectivity index (χ3v) is 4.86. The van der Waals surface area contributed by atoms with Gasteiger partial charge in [0.05, 0.1) is 17.2 Å². The van der Waals surface area contributed by atoms with Gasteiger partial charge in [-0.2, -0.15) is 5.10 Å². The fourth-order valence-corrected chi connectivity index (χ4v) is 3.34. The number of carbonyl (C=O) groups excluding carboxylic acids is 1. The lowest BCUT2D eigenvalue weighted by Gasteiger charge is -2.08. The van der Waals surface area contributed by atoms with Crippen LogP contribution in [0.3, 0.4) is 0 Å². The molecule has 2 N–H and O–H groups in total. The van der Waals surface area contributed by atoms with E-state index in [1.165, 1.54) is 21.8 Å². The van der Waals surface area contributed by atoms with E-state index < -0.39 is 0 Å². The van der Waals surface area contributed by atoms with E-state index in [0.717, 1.165) is 22.4 Å². The molecule has 0 radical (unpaired) electrons. The fraction of sp³-hybridized carbons (Fsp3) is 0.0952. The molecule has 2 aromatic carbocycles. The Morgan fingerprint density at radius 3 is 2.73 bits per heavy atom. The highest BCUT2D eigenvalue weighted by molar-refractivity contribution is 5.91. The van der Waals surface area contributed by atoms with Crippen LogP contribution in [0.4, 0.5) is 5.69 Å². The van der Waals surface area contributed by atoms with Crippen LogP contribution in [0.5, 0.6) is 0 Å². The molecule has 3 heterocycles. The first kappa shape index (κ1) is 17.8. The van der Waals surface area contributed by atoms with Crippen molar-refractivity contribution in [3.05, 3.63) is 71.4 Å². The Morgan fingerprint density at radius 1 is 1.13 bits per heavy atom. The smallest absolute Gasteiger partial charge is 0.264 e. The zero-order valence-corrected chi connectivity index (χ0v) is 16.0. The van der Waals surface area contributed by atoms with Crippen molar-refractivity contribution in [3.63, 3.8) is 0 Å². The molecule has 3 aromatic heterocycles. The standard InChI is InChI=1S/C21H17N7O2/c1-27-20-15(10-23-27)21(30)28(12-22-20)11-18(29)24-14-8-6-13(7-9-14)19-25-16-4-2-3-5-17(16)26-19/h2-10,12H,11H2,1H3,(H,24,29)(H,25,26). The molecule has 9 heteroatoms. The van der Waals surface area contributed by atoms with Gasteiger partial charge in [0, 0.05) is 18.3 Å². The molecule has 1 amide bonds. The summed E-state index contributed by atoms with van der Waals surface area (Å²) in [6.07, 6.45) is 2.81. The van der Waals surface area contributed by atoms with Crippen molar-refractivity contribution in [2.24, 2.45) is 7.05 Å². The molecule has 5 rings (SSSR count). The number of carbonyl (C=O) groups is 1. The van der Waals surface area contributed by atoms with Gasteiger partial charge in [-0.15, -0.1) is 0 Å². The lowest BCUT2D eigenvalue weighted by atomic mass is 10.2. The third kappa shape index (κ3) is 3.12. The Morgan fingerprint density at radius 2 is 1.93 bits per heavy atom. The summed E-state index contributed by atoms with van der Waals surface area (Å²) in [6, 6.07) is 15.2. The van der Waals surface area contributed by atoms with E-state index >= 15 is 0 Å². The van der Waals surface area contributed by atoms with Crippen LogP contribution in [0.15, 0.2) is 65.8 Å². The summed E-state index contributed by atoms with van der Waals surface area (Å²) in [4.78, 5) is 36.9. The van der Waals surface area contributed by atoms with Gasteiger partial charge in [-0.3, -0.25) is 18.8 Å². The van der Waals surface area contributed by atoms with Crippen molar-refractivity contribution < 1.29 is 4.79 Å². The minimum absolute atomic E-state index is 0.137. The summed E-state index contributed by atoms with van der Waals surface area (Å²) in [6.45, 7) is -0.137. The number of nitrogens with one attached hydrogen (secondary N) is 2. The molecule has 0 unspecified atom stereocenters. The van der Waals surface area contributed by atoms with Crippen LogP contribution in [0.1, 0.15) is 0 Å². The molecule has 0 atom stereocenters. The number of fused-ring (bicyclic) bond motifs is 2. The first-order chi connectivity index (χ1) is 14.6. The SMILES string of the molecule is Cn1ncc2c(=O)n(CC(=O)Nc3ccc(-c4nc5ccccc5[nH]4)cc3)cnc21. The lowest BCUT2D eigenvalue weighted by molar-refractivity contribution is -0.116. The summed E-state index contributed by atoms with van der Waals surface area (Å²) < 4.78 is 2.78. The number of benzene rings is 2. The van der Waals surface area contributed by atoms with Gasteiger partial charge >= 0.3 is 0 Å². The topological polar surface area (TPSA) is 110 Å². The number of amides is 1. The fourth-order valence-electron chi connectivity index (χ4n) is 3.34. The van der Waals surface area contributed by atoms with Gasteiger partial charge < -0.3 is 10.3 Å². The van der Waals surface area contributed by atoms with Gasteiger partial charge in [0.1, 0.15) is 24.1 Å². The Bertz CT molecular complexity index is 1410. The minimum atomic E-state index is -0.321. The highest BCUT2D eigenvalue weighted by Gasteiger charge is 2.11. The molecule has 0 aliphatic rings. The largest absolute Gasteiger partial charge is 0.338 e. The first-order valence-electron chi connectivity index (χ1n) is 9.31. The van der Waals surface area contributed by atoms with E-state index in [0.29, 0.717) is 16.7 Å². The lowest BCUT2D eigenvalue weighted by Crippen LogP contribution is -2.27. The zero-order valence-electron chi connectivity index (χ0n) is 16.0. The molecule has 0 spiro atoms. The van der Waals surface area contributed by atoms with Crippen molar-refractivity contribution in [2.75, 3.05) is 5.32 Å². The minimum Gasteiger partial charge on any atom is -0.338 e. The number of aromatic nitrogens is 6. The number of aryl methyl sites for hydroxylation is 1. The Hall–Kier alpha value is -4.27. The van der Waals surface area contributed by atoms with E-state index in [9.17, 15) is 9.59 Å². The van der Waals surface area contributed by atoms with Crippen LogP contribution in [-0.4, -0.2) is 35.2 Å². The normalized spacial score (nSPS) is 11.2. The number of H-pyrrole nitrogens is 1. The summed E-state index contributed by atoms with van der Waals surface area (Å²) in [5.74, 6) is 0.440. The molecule has 0 aliphatic heterocycles. The van der Waals surface area contributed by atoms with Crippen LogP contribution < -0.4 is 10.9 Å². The number of rotatable bonds is 4. The van der Waals surface area contributed by atoms with Gasteiger partial charge in [-0.1, -0.05) is 12.1 Å². The zero-order chi connectivity index (χ0) is 20.7. The monoisotopic (exact) mass is 399 g/mol. The quantitative estimate of drug-likeness (QED) is 0.482. The summed E-state index contributed by atoms with van der Waals surface area (Å²) in [5, 5.41) is 7.20. The number of nitrogens with zero attached hydrogens (tertiary/aromatic N) is 5. The number of anilines is 1. The van der Waals surface area contributed by atoms with Gasteiger partial charge in [0.25, 0.3) is 5.56 Å². The molecular weight excluding hydrogens is 382 g/mol. The molecule has 0 bridgehead atoms. The number of aromatic amines is 1. The van der Waals surface area contributed by atoms with Crippen molar-refractivity contribution in [1.29, 1.82) is 0 Å². The molecule has 30 heavy (non-hydrogen) atoms. The van der Waals surface area contributed by atoms with Crippen LogP contribution >= 0.6 is 0 Å². The third-order valence-electron chi connectivity index (χ3n) is 4.86. The molecular formula is C21H17N7O2. The van der Waals surface area contributed by atoms with Gasteiger partial charge in [0.2, 0.25) is 5.91 Å². The number of hydrogen-bond donors (Lipinski definition) is 2. The van der Waals surface area contributed by atoms with E-state index in [2.05, 4.69) is 25.4 Å². The van der Waals surface area contributed by atoms with Crippen molar-refractivity contribution in [2.45, 2.75) is 6.54 Å². The summed E-state index contributed by atoms with van der Waals surface area (Å²) in [7, 11) is 1.71. The molecule has 0 saturated carbocycles. The average Bonchev–Trinajstić information content (AvgIpc) is 3.35. The predicted molar refractivity (Wildman–Crippen MR) is 113 cm³/mol. The van der Waals surface area contributed by atoms with E-state index in [1.807, 2.05) is 36.4 Å². The molecule has 148 valence electrons. The molecule has 9 nitrogen and oxygen atoms in total. The van der Waals surface area contributed by atoms with Crippen LogP contribution in [-0.2, 0) is 18.4 Å². The van der Waals surface area contributed by atoms with Crippen molar-refractivity contribution in [3.8, 4) is 11.4 Å². The maximum atomic E-state index is 12.5. The van der Waals surface area contributed by atoms with E-state index in [-0.39, 0.29) is 18.0 Å². The van der Waals surface area contributed by atoms with Crippen LogP contribution in [0.25, 0.3) is 33.5 Å². The van der Waals surface area contributed by atoms with Crippen LogP contribution in [0, 0.1) is 0 Å².